The molecule has 0 radical (unpaired) electrons. The van der Waals surface area contributed by atoms with Crippen molar-refractivity contribution >= 4 is 29.6 Å². The monoisotopic (exact) mass is 486 g/mol. The third-order valence-corrected chi connectivity index (χ3v) is 7.20. The fourth-order valence-corrected chi connectivity index (χ4v) is 5.13. The van der Waals surface area contributed by atoms with Gasteiger partial charge in [-0.25, -0.2) is 4.79 Å². The molecule has 2 fully saturated rings. The number of aromatic nitrogens is 3. The van der Waals surface area contributed by atoms with Crippen LogP contribution in [0.1, 0.15) is 51.9 Å². The molecule has 2 N–H and O–H groups in total. The lowest BCUT2D eigenvalue weighted by Gasteiger charge is -2.30. The number of imide groups is 1. The number of amides is 4. The van der Waals surface area contributed by atoms with E-state index in [0.717, 1.165) is 48.4 Å². The second kappa shape index (κ2) is 10.5. The smallest absolute Gasteiger partial charge is 0.344 e. The Kier molecular flexibility index (Phi) is 7.40. The van der Waals surface area contributed by atoms with E-state index >= 15 is 0 Å². The van der Waals surface area contributed by atoms with Crippen LogP contribution >= 0.6 is 11.8 Å². The van der Waals surface area contributed by atoms with Crippen molar-refractivity contribution in [3.63, 3.8) is 0 Å². The lowest BCUT2D eigenvalue weighted by Crippen LogP contribution is -2.51. The molecule has 2 aromatic rings. The summed E-state index contributed by atoms with van der Waals surface area (Å²) in [4.78, 5) is 37.9. The minimum Gasteiger partial charge on any atom is -0.497 e. The molecule has 4 rings (SSSR count). The van der Waals surface area contributed by atoms with Crippen molar-refractivity contribution in [2.45, 2.75) is 69.1 Å². The van der Waals surface area contributed by atoms with Crippen molar-refractivity contribution in [3.8, 4) is 17.1 Å². The summed E-state index contributed by atoms with van der Waals surface area (Å²) in [5.41, 5.74) is 2.50. The lowest BCUT2D eigenvalue weighted by molar-refractivity contribution is -0.139. The van der Waals surface area contributed by atoms with E-state index < -0.39 is 17.5 Å². The first-order chi connectivity index (χ1) is 16.5. The second-order valence-electron chi connectivity index (χ2n) is 8.58. The van der Waals surface area contributed by atoms with Crippen molar-refractivity contribution in [1.82, 2.24) is 30.5 Å². The van der Waals surface area contributed by atoms with E-state index in [-0.39, 0.29) is 11.7 Å². The van der Waals surface area contributed by atoms with Gasteiger partial charge in [-0.1, -0.05) is 44.4 Å². The van der Waals surface area contributed by atoms with Crippen LogP contribution in [-0.4, -0.2) is 56.0 Å². The number of nitrogens with one attached hydrogen (secondary N) is 2. The summed E-state index contributed by atoms with van der Waals surface area (Å²) in [7, 11) is 1.62. The zero-order valence-electron chi connectivity index (χ0n) is 19.5. The number of ether oxygens (including phenoxy) is 1. The summed E-state index contributed by atoms with van der Waals surface area (Å²) in [5, 5.41) is 12.9. The highest BCUT2D eigenvalue weighted by Crippen LogP contribution is 2.33. The molecule has 1 aliphatic carbocycles. The van der Waals surface area contributed by atoms with Gasteiger partial charge in [-0.05, 0) is 43.5 Å². The predicted molar refractivity (Wildman–Crippen MR) is 127 cm³/mol. The number of urea groups is 1. The van der Waals surface area contributed by atoms with Crippen LogP contribution in [0.5, 0.6) is 5.75 Å². The largest absolute Gasteiger partial charge is 0.497 e. The molecule has 0 atom stereocenters. The molecule has 2 heterocycles. The standard InChI is InChI=1S/C23H30N6O4S/c1-3-4-14-28-19(16-8-10-17(33-2)11-9-16)25-26-22(28)34-15-18(30)27-29-20(31)23(24-21(29)32)12-6-5-7-13-23/h8-11H,3-7,12-15H2,1-2H3,(H,24,32)(H,27,30). The fourth-order valence-electron chi connectivity index (χ4n) is 4.37. The Labute approximate surface area is 202 Å². The number of thioether (sulfide) groups is 1. The average molecular weight is 487 g/mol. The van der Waals surface area contributed by atoms with Crippen molar-refractivity contribution < 1.29 is 19.1 Å². The normalized spacial score (nSPS) is 17.2. The predicted octanol–water partition coefficient (Wildman–Crippen LogP) is 3.13. The number of carbonyl (C=O) groups excluding carboxylic acids is 3. The molecule has 4 amide bonds. The van der Waals surface area contributed by atoms with Gasteiger partial charge in [0.25, 0.3) is 5.91 Å². The molecule has 0 unspecified atom stereocenters. The summed E-state index contributed by atoms with van der Waals surface area (Å²) < 4.78 is 7.22. The quantitative estimate of drug-likeness (QED) is 0.413. The summed E-state index contributed by atoms with van der Waals surface area (Å²) in [6, 6.07) is 7.01. The minimum atomic E-state index is -0.872. The number of hydrogen-bond donors (Lipinski definition) is 2. The van der Waals surface area contributed by atoms with E-state index in [1.165, 1.54) is 11.8 Å². The van der Waals surface area contributed by atoms with Crippen LogP contribution < -0.4 is 15.5 Å². The minimum absolute atomic E-state index is 0.00304. The van der Waals surface area contributed by atoms with Gasteiger partial charge in [-0.2, -0.15) is 5.01 Å². The van der Waals surface area contributed by atoms with E-state index in [1.807, 2.05) is 28.8 Å². The Bertz CT molecular complexity index is 1050. The molecule has 1 saturated carbocycles. The first-order valence-electron chi connectivity index (χ1n) is 11.6. The van der Waals surface area contributed by atoms with Gasteiger partial charge >= 0.3 is 6.03 Å². The molecule has 182 valence electrons. The van der Waals surface area contributed by atoms with Gasteiger partial charge < -0.3 is 14.6 Å². The summed E-state index contributed by atoms with van der Waals surface area (Å²) >= 11 is 1.22. The number of carbonyl (C=O) groups is 3. The Morgan fingerprint density at radius 1 is 1.18 bits per heavy atom. The first kappa shape index (κ1) is 24.1. The van der Waals surface area contributed by atoms with E-state index in [9.17, 15) is 14.4 Å². The van der Waals surface area contributed by atoms with Crippen LogP contribution in [0, 0.1) is 0 Å². The third-order valence-electron chi connectivity index (χ3n) is 6.24. The van der Waals surface area contributed by atoms with Gasteiger partial charge in [0.1, 0.15) is 11.3 Å². The number of unbranched alkanes of at least 4 members (excludes halogenated alkanes) is 1. The van der Waals surface area contributed by atoms with E-state index in [2.05, 4.69) is 27.9 Å². The number of benzene rings is 1. The molecule has 2 aliphatic rings. The summed E-state index contributed by atoms with van der Waals surface area (Å²) in [6.07, 6.45) is 5.96. The van der Waals surface area contributed by atoms with Crippen LogP contribution in [0.15, 0.2) is 29.4 Å². The molecular weight excluding hydrogens is 456 g/mol. The Hall–Kier alpha value is -3.08. The number of hydrazine groups is 1. The highest BCUT2D eigenvalue weighted by Gasteiger charge is 2.52. The molecular formula is C23H30N6O4S. The number of methoxy groups -OCH3 is 1. The van der Waals surface area contributed by atoms with E-state index in [0.29, 0.717) is 30.4 Å². The highest BCUT2D eigenvalue weighted by molar-refractivity contribution is 7.99. The van der Waals surface area contributed by atoms with E-state index in [1.54, 1.807) is 7.11 Å². The SMILES string of the molecule is CCCCn1c(SCC(=O)NN2C(=O)NC3(CCCCC3)C2=O)nnc1-c1ccc(OC)cc1. The van der Waals surface area contributed by atoms with Gasteiger partial charge in [-0.3, -0.25) is 15.0 Å². The Balaban J connectivity index is 1.42. The molecule has 34 heavy (non-hydrogen) atoms. The van der Waals surface area contributed by atoms with Crippen molar-refractivity contribution in [2.75, 3.05) is 12.9 Å². The van der Waals surface area contributed by atoms with E-state index in [4.69, 9.17) is 4.74 Å². The molecule has 1 aliphatic heterocycles. The van der Waals surface area contributed by atoms with Crippen molar-refractivity contribution in [3.05, 3.63) is 24.3 Å². The molecule has 11 heteroatoms. The van der Waals surface area contributed by atoms with Gasteiger partial charge in [0.2, 0.25) is 5.91 Å². The van der Waals surface area contributed by atoms with Gasteiger partial charge in [0.05, 0.1) is 12.9 Å². The number of rotatable bonds is 9. The number of hydrogen-bond acceptors (Lipinski definition) is 7. The van der Waals surface area contributed by atoms with Crippen molar-refractivity contribution in [2.24, 2.45) is 0 Å². The second-order valence-corrected chi connectivity index (χ2v) is 9.52. The van der Waals surface area contributed by atoms with Gasteiger partial charge in [0.15, 0.2) is 11.0 Å². The summed E-state index contributed by atoms with van der Waals surface area (Å²) in [5.74, 6) is 0.648. The first-order valence-corrected chi connectivity index (χ1v) is 12.6. The highest BCUT2D eigenvalue weighted by atomic mass is 32.2. The molecule has 1 spiro atoms. The average Bonchev–Trinajstić information content (AvgIpc) is 3.36. The topological polar surface area (TPSA) is 118 Å². The molecule has 1 aromatic carbocycles. The fraction of sp³-hybridized carbons (Fsp3) is 0.522. The lowest BCUT2D eigenvalue weighted by atomic mass is 9.82. The van der Waals surface area contributed by atoms with Crippen LogP contribution in [0.3, 0.4) is 0 Å². The maximum atomic E-state index is 12.9. The summed E-state index contributed by atoms with van der Waals surface area (Å²) in [6.45, 7) is 2.82. The Morgan fingerprint density at radius 3 is 2.59 bits per heavy atom. The Morgan fingerprint density at radius 2 is 1.91 bits per heavy atom. The molecule has 1 saturated heterocycles. The zero-order valence-corrected chi connectivity index (χ0v) is 20.3. The molecule has 1 aromatic heterocycles. The molecule has 10 nitrogen and oxygen atoms in total. The zero-order chi connectivity index (χ0) is 24.1. The van der Waals surface area contributed by atoms with Gasteiger partial charge in [0, 0.05) is 12.1 Å². The molecule has 0 bridgehead atoms. The van der Waals surface area contributed by atoms with Crippen LogP contribution in [0.4, 0.5) is 4.79 Å². The van der Waals surface area contributed by atoms with Crippen LogP contribution in [-0.2, 0) is 16.1 Å². The van der Waals surface area contributed by atoms with Crippen LogP contribution in [0.2, 0.25) is 0 Å². The maximum Gasteiger partial charge on any atom is 0.344 e. The number of nitrogens with zero attached hydrogens (tertiary/aromatic N) is 4. The third kappa shape index (κ3) is 4.89. The van der Waals surface area contributed by atoms with Crippen LogP contribution in [0.25, 0.3) is 11.4 Å². The maximum absolute atomic E-state index is 12.9. The van der Waals surface area contributed by atoms with Gasteiger partial charge in [-0.15, -0.1) is 10.2 Å². The van der Waals surface area contributed by atoms with Crippen molar-refractivity contribution in [1.29, 1.82) is 0 Å².